The molecule has 1 aliphatic heterocycles. The first-order valence-corrected chi connectivity index (χ1v) is 9.23. The van der Waals surface area contributed by atoms with Crippen molar-refractivity contribution >= 4 is 11.7 Å². The minimum Gasteiger partial charge on any atom is -0.489 e. The van der Waals surface area contributed by atoms with Crippen LogP contribution in [-0.2, 0) is 4.74 Å². The second-order valence-corrected chi connectivity index (χ2v) is 6.52. The molecule has 1 atom stereocenters. The lowest BCUT2D eigenvalue weighted by molar-refractivity contribution is 0.146. The van der Waals surface area contributed by atoms with Gasteiger partial charge < -0.3 is 19.7 Å². The first-order chi connectivity index (χ1) is 13.2. The Hall–Kier alpha value is -2.60. The Kier molecular flexibility index (Phi) is 6.65. The minimum atomic E-state index is -0.271. The number of rotatable bonds is 6. The number of methoxy groups -OCH3 is 1. The van der Waals surface area contributed by atoms with Crippen LogP contribution in [0.5, 0.6) is 5.75 Å². The molecule has 2 aromatic carbocycles. The maximum Gasteiger partial charge on any atom is 0.322 e. The number of urea groups is 1. The minimum absolute atomic E-state index is 0.0547. The van der Waals surface area contributed by atoms with Crippen molar-refractivity contribution in [3.63, 3.8) is 0 Å². The fourth-order valence-corrected chi connectivity index (χ4v) is 3.32. The number of carbonyl (C=O) groups excluding carboxylic acids is 1. The molecular formula is C21H25FN2O3. The molecule has 0 radical (unpaired) electrons. The van der Waals surface area contributed by atoms with Crippen LogP contribution in [0.4, 0.5) is 14.9 Å². The fraction of sp³-hybridized carbons (Fsp3) is 0.381. The molecule has 0 bridgehead atoms. The third-order valence-electron chi connectivity index (χ3n) is 4.69. The SMILES string of the molecule is COCCOc1ccccc1NC(=O)N1CCCC[C@@H]1c1ccc(F)cc1. The number of ether oxygens (including phenoxy) is 2. The number of anilines is 1. The molecule has 2 aromatic rings. The van der Waals surface area contributed by atoms with Gasteiger partial charge in [0.05, 0.1) is 18.3 Å². The van der Waals surface area contributed by atoms with Crippen molar-refractivity contribution in [3.8, 4) is 5.75 Å². The Labute approximate surface area is 159 Å². The van der Waals surface area contributed by atoms with Gasteiger partial charge in [0.25, 0.3) is 0 Å². The van der Waals surface area contributed by atoms with Crippen molar-refractivity contribution in [1.29, 1.82) is 0 Å². The van der Waals surface area contributed by atoms with Crippen LogP contribution in [-0.4, -0.2) is 37.8 Å². The molecule has 0 aromatic heterocycles. The van der Waals surface area contributed by atoms with E-state index >= 15 is 0 Å². The molecule has 5 nitrogen and oxygen atoms in total. The summed E-state index contributed by atoms with van der Waals surface area (Å²) >= 11 is 0. The van der Waals surface area contributed by atoms with Gasteiger partial charge in [0.1, 0.15) is 18.2 Å². The smallest absolute Gasteiger partial charge is 0.322 e. The second-order valence-electron chi connectivity index (χ2n) is 6.52. The summed E-state index contributed by atoms with van der Waals surface area (Å²) in [6.07, 6.45) is 2.87. The first-order valence-electron chi connectivity index (χ1n) is 9.23. The first kappa shape index (κ1) is 19.2. The molecular weight excluding hydrogens is 347 g/mol. The fourth-order valence-electron chi connectivity index (χ4n) is 3.32. The van der Waals surface area contributed by atoms with E-state index in [1.165, 1.54) is 12.1 Å². The van der Waals surface area contributed by atoms with Crippen molar-refractivity contribution in [2.45, 2.75) is 25.3 Å². The highest BCUT2D eigenvalue weighted by molar-refractivity contribution is 5.91. The number of likely N-dealkylation sites (tertiary alicyclic amines) is 1. The van der Waals surface area contributed by atoms with E-state index in [0.29, 0.717) is 31.2 Å². The van der Waals surface area contributed by atoms with E-state index < -0.39 is 0 Å². The van der Waals surface area contributed by atoms with Gasteiger partial charge in [0.2, 0.25) is 0 Å². The lowest BCUT2D eigenvalue weighted by Crippen LogP contribution is -2.41. The molecule has 1 N–H and O–H groups in total. The largest absolute Gasteiger partial charge is 0.489 e. The van der Waals surface area contributed by atoms with Crippen molar-refractivity contribution in [2.75, 3.05) is 32.2 Å². The highest BCUT2D eigenvalue weighted by atomic mass is 19.1. The van der Waals surface area contributed by atoms with Gasteiger partial charge in [0.15, 0.2) is 0 Å². The zero-order valence-corrected chi connectivity index (χ0v) is 15.5. The van der Waals surface area contributed by atoms with Gasteiger partial charge in [-0.25, -0.2) is 9.18 Å². The van der Waals surface area contributed by atoms with Gasteiger partial charge in [-0.2, -0.15) is 0 Å². The van der Waals surface area contributed by atoms with Gasteiger partial charge in [-0.3, -0.25) is 0 Å². The lowest BCUT2D eigenvalue weighted by atomic mass is 9.95. The van der Waals surface area contributed by atoms with Crippen LogP contribution in [0.25, 0.3) is 0 Å². The highest BCUT2D eigenvalue weighted by Gasteiger charge is 2.28. The quantitative estimate of drug-likeness (QED) is 0.754. The summed E-state index contributed by atoms with van der Waals surface area (Å²) in [6.45, 7) is 1.55. The van der Waals surface area contributed by atoms with Crippen molar-refractivity contribution < 1.29 is 18.7 Å². The van der Waals surface area contributed by atoms with Gasteiger partial charge >= 0.3 is 6.03 Å². The molecule has 3 rings (SSSR count). The van der Waals surface area contributed by atoms with Gasteiger partial charge in [-0.15, -0.1) is 0 Å². The topological polar surface area (TPSA) is 50.8 Å². The predicted octanol–water partition coefficient (Wildman–Crippen LogP) is 4.61. The maximum absolute atomic E-state index is 13.3. The summed E-state index contributed by atoms with van der Waals surface area (Å²) in [7, 11) is 1.61. The van der Waals surface area contributed by atoms with Gasteiger partial charge in [-0.1, -0.05) is 24.3 Å². The number of benzene rings is 2. The molecule has 2 amide bonds. The monoisotopic (exact) mass is 372 g/mol. The lowest BCUT2D eigenvalue weighted by Gasteiger charge is -2.36. The normalized spacial score (nSPS) is 16.8. The van der Waals surface area contributed by atoms with Crippen LogP contribution in [0.1, 0.15) is 30.9 Å². The Morgan fingerprint density at radius 2 is 1.93 bits per heavy atom. The third kappa shape index (κ3) is 4.98. The number of nitrogens with zero attached hydrogens (tertiary/aromatic N) is 1. The summed E-state index contributed by atoms with van der Waals surface area (Å²) in [5, 5.41) is 2.97. The Morgan fingerprint density at radius 1 is 1.15 bits per heavy atom. The number of hydrogen-bond acceptors (Lipinski definition) is 3. The standard InChI is InChI=1S/C21H25FN2O3/c1-26-14-15-27-20-8-3-2-6-18(20)23-21(25)24-13-5-4-7-19(24)16-9-11-17(22)12-10-16/h2-3,6,8-12,19H,4-5,7,13-15H2,1H3,(H,23,25)/t19-/m1/s1. The molecule has 1 heterocycles. The summed E-state index contributed by atoms with van der Waals surface area (Å²) in [5.74, 6) is 0.339. The summed E-state index contributed by atoms with van der Waals surface area (Å²) in [6, 6.07) is 13.5. The van der Waals surface area contributed by atoms with Crippen LogP contribution < -0.4 is 10.1 Å². The summed E-state index contributed by atoms with van der Waals surface area (Å²) in [5.41, 5.74) is 1.58. The molecule has 1 saturated heterocycles. The molecule has 0 spiro atoms. The van der Waals surface area contributed by atoms with E-state index in [1.54, 1.807) is 19.2 Å². The average Bonchev–Trinajstić information content (AvgIpc) is 2.70. The van der Waals surface area contributed by atoms with Crippen LogP contribution in [0.3, 0.4) is 0 Å². The van der Waals surface area contributed by atoms with Gasteiger partial charge in [-0.05, 0) is 49.1 Å². The van der Waals surface area contributed by atoms with E-state index in [4.69, 9.17) is 9.47 Å². The highest BCUT2D eigenvalue weighted by Crippen LogP contribution is 2.32. The number of halogens is 1. The molecule has 27 heavy (non-hydrogen) atoms. The predicted molar refractivity (Wildman–Crippen MR) is 103 cm³/mol. The number of amides is 2. The number of piperidine rings is 1. The molecule has 144 valence electrons. The maximum atomic E-state index is 13.3. The molecule has 6 heteroatoms. The average molecular weight is 372 g/mol. The molecule has 1 aliphatic rings. The number of carbonyl (C=O) groups is 1. The summed E-state index contributed by atoms with van der Waals surface area (Å²) < 4.78 is 23.9. The number of hydrogen-bond donors (Lipinski definition) is 1. The number of nitrogens with one attached hydrogen (secondary N) is 1. The van der Waals surface area contributed by atoms with Crippen LogP contribution >= 0.6 is 0 Å². The zero-order chi connectivity index (χ0) is 19.1. The molecule has 1 fully saturated rings. The number of para-hydroxylation sites is 2. The van der Waals surface area contributed by atoms with Crippen LogP contribution in [0.2, 0.25) is 0 Å². The Morgan fingerprint density at radius 3 is 2.70 bits per heavy atom. The van der Waals surface area contributed by atoms with Gasteiger partial charge in [0, 0.05) is 13.7 Å². The Bertz CT molecular complexity index is 751. The summed E-state index contributed by atoms with van der Waals surface area (Å²) in [4.78, 5) is 14.8. The van der Waals surface area contributed by atoms with Crippen molar-refractivity contribution in [3.05, 3.63) is 59.9 Å². The van der Waals surface area contributed by atoms with Crippen molar-refractivity contribution in [1.82, 2.24) is 4.90 Å². The van der Waals surface area contributed by atoms with E-state index in [2.05, 4.69) is 5.32 Å². The zero-order valence-electron chi connectivity index (χ0n) is 15.5. The third-order valence-corrected chi connectivity index (χ3v) is 4.69. The van der Waals surface area contributed by atoms with Crippen molar-refractivity contribution in [2.24, 2.45) is 0 Å². The van der Waals surface area contributed by atoms with Crippen LogP contribution in [0.15, 0.2) is 48.5 Å². The van der Waals surface area contributed by atoms with Crippen LogP contribution in [0, 0.1) is 5.82 Å². The Balaban J connectivity index is 1.73. The molecule has 0 aliphatic carbocycles. The molecule has 0 unspecified atom stereocenters. The van der Waals surface area contributed by atoms with E-state index in [-0.39, 0.29) is 17.9 Å². The van der Waals surface area contributed by atoms with E-state index in [9.17, 15) is 9.18 Å². The van der Waals surface area contributed by atoms with E-state index in [0.717, 1.165) is 24.8 Å². The van der Waals surface area contributed by atoms with E-state index in [1.807, 2.05) is 29.2 Å². The second kappa shape index (κ2) is 9.37. The molecule has 0 saturated carbocycles.